The maximum absolute atomic E-state index is 12.1. The molecule has 2 rings (SSSR count). The van der Waals surface area contributed by atoms with E-state index in [4.69, 9.17) is 19.5 Å². The van der Waals surface area contributed by atoms with E-state index >= 15 is 0 Å². The number of nitrogens with one attached hydrogen (secondary N) is 2. The summed E-state index contributed by atoms with van der Waals surface area (Å²) in [6.45, 7) is 1.94. The standard InChI is InChI=1S/C21H21N3O5/c1-3-28-20(25)16(12-22)13-23-17-9-10-19(27-2)18(11-17)24-21(26)29-14-15-7-5-4-6-8-15/h4-11,13,23H,3,14H2,1-2H3,(H,24,26)/b16-13-. The molecule has 0 saturated heterocycles. The molecule has 0 fully saturated rings. The summed E-state index contributed by atoms with van der Waals surface area (Å²) in [5.41, 5.74) is 1.55. The lowest BCUT2D eigenvalue weighted by Gasteiger charge is -2.12. The molecule has 1 amide bonds. The first-order chi connectivity index (χ1) is 14.1. The minimum Gasteiger partial charge on any atom is -0.495 e. The summed E-state index contributed by atoms with van der Waals surface area (Å²) in [4.78, 5) is 23.8. The number of carbonyl (C=O) groups excluding carboxylic acids is 2. The lowest BCUT2D eigenvalue weighted by molar-refractivity contribution is -0.138. The lowest BCUT2D eigenvalue weighted by atomic mass is 10.2. The molecule has 2 aromatic carbocycles. The Kier molecular flexibility index (Phi) is 8.08. The highest BCUT2D eigenvalue weighted by Gasteiger charge is 2.12. The number of rotatable bonds is 8. The van der Waals surface area contributed by atoms with Crippen LogP contribution in [0.3, 0.4) is 0 Å². The van der Waals surface area contributed by atoms with Crippen molar-refractivity contribution >= 4 is 23.4 Å². The minimum absolute atomic E-state index is 0.126. The molecule has 0 heterocycles. The number of nitriles is 1. The van der Waals surface area contributed by atoms with Crippen LogP contribution in [0.2, 0.25) is 0 Å². The third-order valence-electron chi connectivity index (χ3n) is 3.65. The zero-order chi connectivity index (χ0) is 21.1. The van der Waals surface area contributed by atoms with Crippen molar-refractivity contribution in [1.82, 2.24) is 0 Å². The van der Waals surface area contributed by atoms with E-state index in [9.17, 15) is 9.59 Å². The van der Waals surface area contributed by atoms with Gasteiger partial charge in [0.15, 0.2) is 5.57 Å². The summed E-state index contributed by atoms with van der Waals surface area (Å²) < 4.78 is 15.2. The molecule has 2 aromatic rings. The number of anilines is 2. The van der Waals surface area contributed by atoms with Gasteiger partial charge in [0.05, 0.1) is 19.4 Å². The van der Waals surface area contributed by atoms with Gasteiger partial charge in [-0.1, -0.05) is 30.3 Å². The predicted octanol–water partition coefficient (Wildman–Crippen LogP) is 3.83. The van der Waals surface area contributed by atoms with Gasteiger partial charge in [0.25, 0.3) is 0 Å². The fourth-order valence-corrected chi connectivity index (χ4v) is 2.27. The molecule has 0 aliphatic carbocycles. The molecule has 8 nitrogen and oxygen atoms in total. The van der Waals surface area contributed by atoms with Crippen molar-refractivity contribution in [3.63, 3.8) is 0 Å². The molecule has 0 saturated carbocycles. The third kappa shape index (κ3) is 6.59. The van der Waals surface area contributed by atoms with E-state index in [-0.39, 0.29) is 18.8 Å². The van der Waals surface area contributed by atoms with E-state index in [0.717, 1.165) is 5.56 Å². The quantitative estimate of drug-likeness (QED) is 0.397. The first-order valence-electron chi connectivity index (χ1n) is 8.77. The second-order valence-electron chi connectivity index (χ2n) is 5.64. The number of esters is 1. The normalized spacial score (nSPS) is 10.4. The Hall–Kier alpha value is -3.99. The van der Waals surface area contributed by atoms with Crippen molar-refractivity contribution in [1.29, 1.82) is 5.26 Å². The van der Waals surface area contributed by atoms with Crippen LogP contribution >= 0.6 is 0 Å². The molecule has 29 heavy (non-hydrogen) atoms. The van der Waals surface area contributed by atoms with E-state index < -0.39 is 12.1 Å². The highest BCUT2D eigenvalue weighted by Crippen LogP contribution is 2.28. The molecule has 0 atom stereocenters. The van der Waals surface area contributed by atoms with Crippen LogP contribution in [0.1, 0.15) is 12.5 Å². The smallest absolute Gasteiger partial charge is 0.412 e. The van der Waals surface area contributed by atoms with Crippen LogP contribution in [0.4, 0.5) is 16.2 Å². The van der Waals surface area contributed by atoms with Crippen molar-refractivity contribution in [3.8, 4) is 11.8 Å². The predicted molar refractivity (Wildman–Crippen MR) is 107 cm³/mol. The molecule has 8 heteroatoms. The number of amides is 1. The Balaban J connectivity index is 2.06. The van der Waals surface area contributed by atoms with Crippen molar-refractivity contribution in [2.45, 2.75) is 13.5 Å². The summed E-state index contributed by atoms with van der Waals surface area (Å²) in [6, 6.07) is 15.9. The summed E-state index contributed by atoms with van der Waals surface area (Å²) in [5, 5.41) is 14.5. The van der Waals surface area contributed by atoms with Gasteiger partial charge in [0.2, 0.25) is 0 Å². The Morgan fingerprint density at radius 3 is 2.55 bits per heavy atom. The Morgan fingerprint density at radius 2 is 1.90 bits per heavy atom. The zero-order valence-corrected chi connectivity index (χ0v) is 16.1. The third-order valence-corrected chi connectivity index (χ3v) is 3.65. The van der Waals surface area contributed by atoms with Crippen molar-refractivity contribution in [2.75, 3.05) is 24.4 Å². The van der Waals surface area contributed by atoms with Gasteiger partial charge in [-0.15, -0.1) is 0 Å². The van der Waals surface area contributed by atoms with Crippen molar-refractivity contribution in [3.05, 3.63) is 65.9 Å². The highest BCUT2D eigenvalue weighted by molar-refractivity contribution is 5.93. The molecular formula is C21H21N3O5. The number of nitrogens with zero attached hydrogens (tertiary/aromatic N) is 1. The molecule has 150 valence electrons. The van der Waals surface area contributed by atoms with E-state index in [2.05, 4.69) is 10.6 Å². The molecular weight excluding hydrogens is 374 g/mol. The maximum Gasteiger partial charge on any atom is 0.412 e. The van der Waals surface area contributed by atoms with Gasteiger partial charge in [0, 0.05) is 11.9 Å². The topological polar surface area (TPSA) is 110 Å². The van der Waals surface area contributed by atoms with Crippen LogP contribution < -0.4 is 15.4 Å². The summed E-state index contributed by atoms with van der Waals surface area (Å²) in [6.07, 6.45) is 0.584. The van der Waals surface area contributed by atoms with Crippen LogP contribution in [-0.2, 0) is 20.9 Å². The zero-order valence-electron chi connectivity index (χ0n) is 16.1. The first kappa shape index (κ1) is 21.3. The van der Waals surface area contributed by atoms with E-state index in [0.29, 0.717) is 17.1 Å². The Morgan fingerprint density at radius 1 is 1.14 bits per heavy atom. The second kappa shape index (κ2) is 11.0. The fourth-order valence-electron chi connectivity index (χ4n) is 2.27. The van der Waals surface area contributed by atoms with Crippen LogP contribution in [-0.4, -0.2) is 25.8 Å². The maximum atomic E-state index is 12.1. The number of ether oxygens (including phenoxy) is 3. The monoisotopic (exact) mass is 395 g/mol. The molecule has 0 unspecified atom stereocenters. The van der Waals surface area contributed by atoms with Crippen molar-refractivity contribution < 1.29 is 23.8 Å². The number of benzene rings is 2. The SMILES string of the molecule is CCOC(=O)/C(C#N)=C\Nc1ccc(OC)c(NC(=O)OCc2ccccc2)c1. The van der Waals surface area contributed by atoms with E-state index in [1.54, 1.807) is 31.2 Å². The van der Waals surface area contributed by atoms with Gasteiger partial charge in [-0.2, -0.15) is 5.26 Å². The van der Waals surface area contributed by atoms with Gasteiger partial charge in [-0.05, 0) is 30.7 Å². The second-order valence-corrected chi connectivity index (χ2v) is 5.64. The van der Waals surface area contributed by atoms with Crippen LogP contribution in [0.5, 0.6) is 5.75 Å². The summed E-state index contributed by atoms with van der Waals surface area (Å²) in [5.74, 6) is -0.305. The number of hydrogen-bond donors (Lipinski definition) is 2. The molecule has 0 aliphatic rings. The van der Waals surface area contributed by atoms with Crippen LogP contribution in [0.25, 0.3) is 0 Å². The van der Waals surface area contributed by atoms with Gasteiger partial charge in [-0.3, -0.25) is 5.32 Å². The molecule has 0 spiro atoms. The van der Waals surface area contributed by atoms with Gasteiger partial charge < -0.3 is 19.5 Å². The number of methoxy groups -OCH3 is 1. The van der Waals surface area contributed by atoms with Crippen molar-refractivity contribution in [2.24, 2.45) is 0 Å². The average Bonchev–Trinajstić information content (AvgIpc) is 2.74. The van der Waals surface area contributed by atoms with Crippen LogP contribution in [0.15, 0.2) is 60.3 Å². The Bertz CT molecular complexity index is 920. The van der Waals surface area contributed by atoms with Gasteiger partial charge in [-0.25, -0.2) is 9.59 Å². The largest absolute Gasteiger partial charge is 0.495 e. The minimum atomic E-state index is -0.723. The van der Waals surface area contributed by atoms with Crippen LogP contribution in [0, 0.1) is 11.3 Å². The molecule has 0 aliphatic heterocycles. The lowest BCUT2D eigenvalue weighted by Crippen LogP contribution is -2.14. The number of carbonyl (C=O) groups is 2. The van der Waals surface area contributed by atoms with Gasteiger partial charge in [0.1, 0.15) is 18.4 Å². The summed E-state index contributed by atoms with van der Waals surface area (Å²) in [7, 11) is 1.47. The molecule has 0 aromatic heterocycles. The fraction of sp³-hybridized carbons (Fsp3) is 0.190. The average molecular weight is 395 g/mol. The van der Waals surface area contributed by atoms with E-state index in [1.807, 2.05) is 30.3 Å². The highest BCUT2D eigenvalue weighted by atomic mass is 16.5. The van der Waals surface area contributed by atoms with Gasteiger partial charge >= 0.3 is 12.1 Å². The molecule has 0 bridgehead atoms. The molecule has 0 radical (unpaired) electrons. The molecule has 2 N–H and O–H groups in total. The number of hydrogen-bond acceptors (Lipinski definition) is 7. The Labute approximate surface area is 168 Å². The van der Waals surface area contributed by atoms with E-state index in [1.165, 1.54) is 13.3 Å². The summed E-state index contributed by atoms with van der Waals surface area (Å²) >= 11 is 0. The first-order valence-corrected chi connectivity index (χ1v) is 8.77.